The lowest BCUT2D eigenvalue weighted by atomic mass is 10.1. The summed E-state index contributed by atoms with van der Waals surface area (Å²) in [4.78, 5) is 14.7. The van der Waals surface area contributed by atoms with Crippen molar-refractivity contribution in [1.29, 1.82) is 0 Å². The van der Waals surface area contributed by atoms with Crippen LogP contribution in [0.4, 0.5) is 0 Å². The molecule has 2 heterocycles. The minimum atomic E-state index is -0.901. The lowest BCUT2D eigenvalue weighted by Crippen LogP contribution is -2.33. The molecule has 4 nitrogen and oxygen atoms in total. The molecule has 23 heavy (non-hydrogen) atoms. The highest BCUT2D eigenvalue weighted by atomic mass is 32.2. The maximum atomic E-state index is 12.9. The number of aryl methyl sites for hydroxylation is 1. The van der Waals surface area contributed by atoms with Crippen LogP contribution in [0, 0.1) is 0 Å². The van der Waals surface area contributed by atoms with E-state index in [2.05, 4.69) is 6.92 Å². The Morgan fingerprint density at radius 3 is 2.87 bits per heavy atom. The smallest absolute Gasteiger partial charge is 0.257 e. The summed E-state index contributed by atoms with van der Waals surface area (Å²) < 4.78 is 17.6. The number of rotatable bonds is 2. The predicted octanol–water partition coefficient (Wildman–Crippen LogP) is 3.37. The average Bonchev–Trinajstić information content (AvgIpc) is 2.90. The Balaban J connectivity index is 1.90. The van der Waals surface area contributed by atoms with Gasteiger partial charge in [0.05, 0.1) is 5.56 Å². The molecule has 0 spiro atoms. The number of fused-ring (bicyclic) bond motifs is 1. The number of benzene rings is 1. The molecule has 0 bridgehead atoms. The monoisotopic (exact) mass is 333 g/mol. The summed E-state index contributed by atoms with van der Waals surface area (Å²) >= 11 is 0. The fraction of sp³-hybridized carbons (Fsp3) is 0.500. The molecule has 1 fully saturated rings. The molecule has 2 aromatic rings. The number of nitrogens with zero attached hydrogens (tertiary/aromatic N) is 1. The largest absolute Gasteiger partial charge is 0.463 e. The first-order chi connectivity index (χ1) is 10.9. The van der Waals surface area contributed by atoms with Crippen LogP contribution in [0.15, 0.2) is 28.9 Å². The van der Waals surface area contributed by atoms with Crippen LogP contribution in [-0.4, -0.2) is 38.6 Å². The van der Waals surface area contributed by atoms with Gasteiger partial charge in [0.1, 0.15) is 11.8 Å². The van der Waals surface area contributed by atoms with Crippen LogP contribution in [0.1, 0.15) is 43.1 Å². The van der Waals surface area contributed by atoms with Crippen LogP contribution in [-0.2, 0) is 17.2 Å². The molecule has 1 aromatic carbocycles. The Labute approximate surface area is 139 Å². The number of furan rings is 1. The topological polar surface area (TPSA) is 50.5 Å². The Hall–Kier alpha value is -1.62. The van der Waals surface area contributed by atoms with Crippen LogP contribution in [0.3, 0.4) is 0 Å². The van der Waals surface area contributed by atoms with E-state index in [0.717, 1.165) is 23.8 Å². The molecular formula is C18H23NO3S. The second-order valence-electron chi connectivity index (χ2n) is 6.68. The van der Waals surface area contributed by atoms with Crippen molar-refractivity contribution < 1.29 is 13.4 Å². The van der Waals surface area contributed by atoms with Gasteiger partial charge in [-0.15, -0.1) is 0 Å². The van der Waals surface area contributed by atoms with E-state index < -0.39 is 10.8 Å². The van der Waals surface area contributed by atoms with Crippen molar-refractivity contribution in [2.24, 2.45) is 0 Å². The standard InChI is InChI=1S/C18H23NO3S/c1-4-13-5-6-16-14(11-13)15(12-22-16)17(20)19-8-7-18(2,3)23(21)10-9-19/h5-6,11-12H,4,7-10H2,1-3H3/t23-/m0/s1. The SMILES string of the molecule is CCc1ccc2occ(C(=O)N3CC[S@](=O)C(C)(C)CC3)c2c1. The third-order valence-electron chi connectivity index (χ3n) is 4.71. The highest BCUT2D eigenvalue weighted by Gasteiger charge is 2.32. The number of amides is 1. The van der Waals surface area contributed by atoms with Crippen LogP contribution in [0.25, 0.3) is 11.0 Å². The van der Waals surface area contributed by atoms with Gasteiger partial charge in [-0.2, -0.15) is 0 Å². The molecule has 0 aliphatic carbocycles. The van der Waals surface area contributed by atoms with E-state index in [0.29, 0.717) is 24.4 Å². The van der Waals surface area contributed by atoms with Gasteiger partial charge in [0.2, 0.25) is 0 Å². The zero-order valence-electron chi connectivity index (χ0n) is 13.9. The highest BCUT2D eigenvalue weighted by molar-refractivity contribution is 7.86. The Morgan fingerprint density at radius 2 is 2.13 bits per heavy atom. The quantitative estimate of drug-likeness (QED) is 0.847. The second kappa shape index (κ2) is 6.11. The molecule has 1 amide bonds. The summed E-state index contributed by atoms with van der Waals surface area (Å²) in [6.07, 6.45) is 3.23. The van der Waals surface area contributed by atoms with Crippen LogP contribution in [0.2, 0.25) is 0 Å². The third-order valence-corrected chi connectivity index (χ3v) is 6.70. The molecule has 124 valence electrons. The van der Waals surface area contributed by atoms with E-state index in [1.807, 2.05) is 36.9 Å². The molecule has 1 saturated heterocycles. The summed E-state index contributed by atoms with van der Waals surface area (Å²) in [6.45, 7) is 7.29. The number of carbonyl (C=O) groups excluding carboxylic acids is 1. The third kappa shape index (κ3) is 3.07. The predicted molar refractivity (Wildman–Crippen MR) is 93.2 cm³/mol. The normalized spacial score (nSPS) is 21.3. The minimum absolute atomic E-state index is 0.0216. The molecule has 3 rings (SSSR count). The van der Waals surface area contributed by atoms with Crippen molar-refractivity contribution in [2.45, 2.75) is 38.4 Å². The lowest BCUT2D eigenvalue weighted by Gasteiger charge is -2.22. The van der Waals surface area contributed by atoms with Gasteiger partial charge >= 0.3 is 0 Å². The summed E-state index contributed by atoms with van der Waals surface area (Å²) in [7, 11) is -0.901. The van der Waals surface area contributed by atoms with Crippen LogP contribution in [0.5, 0.6) is 0 Å². The van der Waals surface area contributed by atoms with Crippen molar-refractivity contribution in [3.63, 3.8) is 0 Å². The van der Waals surface area contributed by atoms with Crippen molar-refractivity contribution in [3.05, 3.63) is 35.6 Å². The molecule has 1 aromatic heterocycles. The van der Waals surface area contributed by atoms with Gasteiger partial charge in [0.25, 0.3) is 5.91 Å². The van der Waals surface area contributed by atoms with Gasteiger partial charge in [-0.05, 0) is 44.4 Å². The summed E-state index contributed by atoms with van der Waals surface area (Å²) in [5.41, 5.74) is 2.54. The summed E-state index contributed by atoms with van der Waals surface area (Å²) in [6, 6.07) is 5.98. The number of carbonyl (C=O) groups is 1. The first-order valence-electron chi connectivity index (χ1n) is 8.10. The minimum Gasteiger partial charge on any atom is -0.463 e. The maximum absolute atomic E-state index is 12.9. The van der Waals surface area contributed by atoms with Gasteiger partial charge in [0.15, 0.2) is 0 Å². The first-order valence-corrected chi connectivity index (χ1v) is 9.42. The van der Waals surface area contributed by atoms with Gasteiger partial charge < -0.3 is 9.32 Å². The molecule has 0 saturated carbocycles. The number of hydrogen-bond donors (Lipinski definition) is 0. The molecule has 0 unspecified atom stereocenters. The van der Waals surface area contributed by atoms with E-state index >= 15 is 0 Å². The second-order valence-corrected chi connectivity index (χ2v) is 8.89. The maximum Gasteiger partial charge on any atom is 0.257 e. The molecule has 0 radical (unpaired) electrons. The molecule has 1 aliphatic heterocycles. The lowest BCUT2D eigenvalue weighted by molar-refractivity contribution is 0.0765. The Bertz CT molecular complexity index is 763. The van der Waals surface area contributed by atoms with E-state index in [1.54, 1.807) is 6.26 Å². The van der Waals surface area contributed by atoms with Gasteiger partial charge in [0, 0.05) is 39.8 Å². The fourth-order valence-electron chi connectivity index (χ4n) is 2.93. The summed E-state index contributed by atoms with van der Waals surface area (Å²) in [5, 5.41) is 0.874. The average molecular weight is 333 g/mol. The highest BCUT2D eigenvalue weighted by Crippen LogP contribution is 2.27. The van der Waals surface area contributed by atoms with Crippen molar-refractivity contribution in [3.8, 4) is 0 Å². The molecule has 1 aliphatic rings. The van der Waals surface area contributed by atoms with E-state index in [1.165, 1.54) is 5.56 Å². The van der Waals surface area contributed by atoms with E-state index in [-0.39, 0.29) is 10.7 Å². The molecular weight excluding hydrogens is 310 g/mol. The van der Waals surface area contributed by atoms with E-state index in [4.69, 9.17) is 4.42 Å². The van der Waals surface area contributed by atoms with Crippen LogP contribution < -0.4 is 0 Å². The van der Waals surface area contributed by atoms with Gasteiger partial charge in [-0.25, -0.2) is 0 Å². The van der Waals surface area contributed by atoms with Gasteiger partial charge in [-0.1, -0.05) is 13.0 Å². The molecule has 0 N–H and O–H groups in total. The van der Waals surface area contributed by atoms with E-state index in [9.17, 15) is 9.00 Å². The van der Waals surface area contributed by atoms with Gasteiger partial charge in [-0.3, -0.25) is 9.00 Å². The zero-order chi connectivity index (χ0) is 16.6. The Morgan fingerprint density at radius 1 is 1.35 bits per heavy atom. The first kappa shape index (κ1) is 16.2. The Kier molecular flexibility index (Phi) is 4.32. The van der Waals surface area contributed by atoms with Crippen LogP contribution >= 0.6 is 0 Å². The molecule has 5 heteroatoms. The van der Waals surface area contributed by atoms with Crippen molar-refractivity contribution in [1.82, 2.24) is 4.90 Å². The number of hydrogen-bond acceptors (Lipinski definition) is 3. The molecule has 1 atom stereocenters. The summed E-state index contributed by atoms with van der Waals surface area (Å²) in [5.74, 6) is 0.515. The fourth-order valence-corrected chi connectivity index (χ4v) is 4.19. The van der Waals surface area contributed by atoms with Crippen molar-refractivity contribution >= 4 is 27.7 Å². The van der Waals surface area contributed by atoms with Crippen molar-refractivity contribution in [2.75, 3.05) is 18.8 Å². The zero-order valence-corrected chi connectivity index (χ0v) is 14.7.